The van der Waals surface area contributed by atoms with Gasteiger partial charge in [-0.15, -0.1) is 0 Å². The summed E-state index contributed by atoms with van der Waals surface area (Å²) in [6, 6.07) is 0. The summed E-state index contributed by atoms with van der Waals surface area (Å²) < 4.78 is 0. The number of carboxylic acids is 1. The molecule has 0 aromatic carbocycles. The molecule has 0 amide bonds. The number of aromatic carboxylic acids is 1. The largest absolute Gasteiger partial charge is 0.478 e. The highest BCUT2D eigenvalue weighted by molar-refractivity contribution is 5.88. The molecule has 0 radical (unpaired) electrons. The van der Waals surface area contributed by atoms with Gasteiger partial charge in [-0.25, -0.2) is 14.8 Å². The van der Waals surface area contributed by atoms with Gasteiger partial charge in [0.25, 0.3) is 0 Å². The normalized spacial score (nSPS) is 16.6. The fourth-order valence-electron chi connectivity index (χ4n) is 2.36. The summed E-state index contributed by atoms with van der Waals surface area (Å²) in [6.45, 7) is 4.04. The van der Waals surface area contributed by atoms with E-state index in [1.165, 1.54) is 19.0 Å². The number of carboxylic acid groups (broad SMARTS) is 1. The lowest BCUT2D eigenvalue weighted by molar-refractivity contribution is 0.0694. The predicted octanol–water partition coefficient (Wildman–Crippen LogP) is 2.96. The fraction of sp³-hybridized carbons (Fsp3) is 0.615. The summed E-state index contributed by atoms with van der Waals surface area (Å²) in [7, 11) is 0. The number of carbonyl (C=O) groups is 1. The number of aromatic nitrogens is 2. The quantitative estimate of drug-likeness (QED) is 0.873. The molecule has 0 saturated heterocycles. The molecule has 1 aromatic rings. The lowest BCUT2D eigenvalue weighted by Crippen LogP contribution is -2.12. The van der Waals surface area contributed by atoms with Crippen LogP contribution in [0.25, 0.3) is 0 Å². The minimum absolute atomic E-state index is 0.234. The molecule has 17 heavy (non-hydrogen) atoms. The Bertz CT molecular complexity index is 423. The second-order valence-electron chi connectivity index (χ2n) is 4.97. The second-order valence-corrected chi connectivity index (χ2v) is 4.97. The van der Waals surface area contributed by atoms with Crippen LogP contribution in [0.3, 0.4) is 0 Å². The zero-order valence-corrected chi connectivity index (χ0v) is 10.3. The SMILES string of the molecule is CC(C)c1ncc(C(=O)O)c(C2CCCC2)n1. The molecule has 4 nitrogen and oxygen atoms in total. The second kappa shape index (κ2) is 4.82. The number of hydrogen-bond donors (Lipinski definition) is 1. The van der Waals surface area contributed by atoms with Gasteiger partial charge in [0.05, 0.1) is 11.3 Å². The Hall–Kier alpha value is -1.45. The Kier molecular flexibility index (Phi) is 3.41. The summed E-state index contributed by atoms with van der Waals surface area (Å²) in [4.78, 5) is 19.8. The van der Waals surface area contributed by atoms with Gasteiger partial charge in [-0.05, 0) is 12.8 Å². The van der Waals surface area contributed by atoms with Crippen molar-refractivity contribution in [2.75, 3.05) is 0 Å². The van der Waals surface area contributed by atoms with Gasteiger partial charge in [0, 0.05) is 18.0 Å². The first-order chi connectivity index (χ1) is 8.09. The lowest BCUT2D eigenvalue weighted by atomic mass is 9.99. The minimum Gasteiger partial charge on any atom is -0.478 e. The van der Waals surface area contributed by atoms with Crippen LogP contribution >= 0.6 is 0 Å². The van der Waals surface area contributed by atoms with E-state index in [-0.39, 0.29) is 11.5 Å². The molecule has 0 bridgehead atoms. The molecule has 1 heterocycles. The molecule has 1 aliphatic carbocycles. The topological polar surface area (TPSA) is 63.1 Å². The zero-order chi connectivity index (χ0) is 12.4. The van der Waals surface area contributed by atoms with Crippen LogP contribution in [-0.4, -0.2) is 21.0 Å². The monoisotopic (exact) mass is 234 g/mol. The van der Waals surface area contributed by atoms with E-state index in [1.54, 1.807) is 0 Å². The molecule has 1 aromatic heterocycles. The average molecular weight is 234 g/mol. The van der Waals surface area contributed by atoms with Crippen molar-refractivity contribution in [1.29, 1.82) is 0 Å². The van der Waals surface area contributed by atoms with Crippen molar-refractivity contribution >= 4 is 5.97 Å². The lowest BCUT2D eigenvalue weighted by Gasteiger charge is -2.14. The first kappa shape index (κ1) is 12.0. The van der Waals surface area contributed by atoms with Gasteiger partial charge in [-0.2, -0.15) is 0 Å². The van der Waals surface area contributed by atoms with Crippen LogP contribution in [0.5, 0.6) is 0 Å². The van der Waals surface area contributed by atoms with Crippen molar-refractivity contribution in [1.82, 2.24) is 9.97 Å². The molecule has 2 rings (SSSR count). The smallest absolute Gasteiger partial charge is 0.339 e. The highest BCUT2D eigenvalue weighted by Crippen LogP contribution is 2.34. The highest BCUT2D eigenvalue weighted by atomic mass is 16.4. The Morgan fingerprint density at radius 1 is 1.41 bits per heavy atom. The summed E-state index contributed by atoms with van der Waals surface area (Å²) in [5, 5.41) is 9.18. The van der Waals surface area contributed by atoms with Gasteiger partial charge in [-0.3, -0.25) is 0 Å². The van der Waals surface area contributed by atoms with E-state index in [9.17, 15) is 9.90 Å². The van der Waals surface area contributed by atoms with E-state index in [0.29, 0.717) is 5.92 Å². The van der Waals surface area contributed by atoms with Gasteiger partial charge in [0.1, 0.15) is 5.82 Å². The third-order valence-electron chi connectivity index (χ3n) is 3.33. The van der Waals surface area contributed by atoms with Gasteiger partial charge in [0.2, 0.25) is 0 Å². The van der Waals surface area contributed by atoms with E-state index >= 15 is 0 Å². The fourth-order valence-corrected chi connectivity index (χ4v) is 2.36. The van der Waals surface area contributed by atoms with E-state index in [2.05, 4.69) is 9.97 Å². The molecule has 0 unspecified atom stereocenters. The van der Waals surface area contributed by atoms with Crippen molar-refractivity contribution < 1.29 is 9.90 Å². The van der Waals surface area contributed by atoms with Gasteiger partial charge in [0.15, 0.2) is 0 Å². The first-order valence-electron chi connectivity index (χ1n) is 6.19. The minimum atomic E-state index is -0.915. The summed E-state index contributed by atoms with van der Waals surface area (Å²) in [6.07, 6.45) is 5.91. The summed E-state index contributed by atoms with van der Waals surface area (Å²) in [5.41, 5.74) is 1.02. The van der Waals surface area contributed by atoms with Gasteiger partial charge >= 0.3 is 5.97 Å². The van der Waals surface area contributed by atoms with E-state index in [0.717, 1.165) is 24.4 Å². The van der Waals surface area contributed by atoms with Crippen LogP contribution in [0.1, 0.15) is 73.2 Å². The van der Waals surface area contributed by atoms with E-state index in [4.69, 9.17) is 0 Å². The van der Waals surface area contributed by atoms with Crippen molar-refractivity contribution in [2.24, 2.45) is 0 Å². The van der Waals surface area contributed by atoms with Crippen molar-refractivity contribution in [3.05, 3.63) is 23.3 Å². The maximum atomic E-state index is 11.2. The molecule has 1 N–H and O–H groups in total. The van der Waals surface area contributed by atoms with E-state index < -0.39 is 5.97 Å². The molecule has 1 aliphatic rings. The molecular formula is C13H18N2O2. The van der Waals surface area contributed by atoms with Crippen molar-refractivity contribution in [3.8, 4) is 0 Å². The Morgan fingerprint density at radius 3 is 2.59 bits per heavy atom. The summed E-state index contributed by atoms with van der Waals surface area (Å²) in [5.74, 6) is 0.374. The predicted molar refractivity (Wildman–Crippen MR) is 64.3 cm³/mol. The molecular weight excluding hydrogens is 216 g/mol. The van der Waals surface area contributed by atoms with Crippen LogP contribution in [0, 0.1) is 0 Å². The number of hydrogen-bond acceptors (Lipinski definition) is 3. The molecule has 0 spiro atoms. The van der Waals surface area contributed by atoms with Gasteiger partial charge in [-0.1, -0.05) is 26.7 Å². The van der Waals surface area contributed by atoms with Crippen LogP contribution in [0.15, 0.2) is 6.20 Å². The standard InChI is InChI=1S/C13H18N2O2/c1-8(2)12-14-7-10(13(16)17)11(15-12)9-5-3-4-6-9/h7-9H,3-6H2,1-2H3,(H,16,17). The van der Waals surface area contributed by atoms with Crippen LogP contribution in [0.2, 0.25) is 0 Å². The maximum Gasteiger partial charge on any atom is 0.339 e. The van der Waals surface area contributed by atoms with Crippen LogP contribution in [-0.2, 0) is 0 Å². The molecule has 0 atom stereocenters. The molecule has 0 aliphatic heterocycles. The summed E-state index contributed by atoms with van der Waals surface area (Å²) >= 11 is 0. The molecule has 1 saturated carbocycles. The van der Waals surface area contributed by atoms with E-state index in [1.807, 2.05) is 13.8 Å². The van der Waals surface area contributed by atoms with Crippen LogP contribution < -0.4 is 0 Å². The zero-order valence-electron chi connectivity index (χ0n) is 10.3. The van der Waals surface area contributed by atoms with Crippen molar-refractivity contribution in [2.45, 2.75) is 51.4 Å². The van der Waals surface area contributed by atoms with Gasteiger partial charge < -0.3 is 5.11 Å². The molecule has 1 fully saturated rings. The number of nitrogens with zero attached hydrogens (tertiary/aromatic N) is 2. The van der Waals surface area contributed by atoms with Crippen molar-refractivity contribution in [3.63, 3.8) is 0 Å². The molecule has 4 heteroatoms. The Morgan fingerprint density at radius 2 is 2.06 bits per heavy atom. The third kappa shape index (κ3) is 2.46. The highest BCUT2D eigenvalue weighted by Gasteiger charge is 2.25. The molecule has 92 valence electrons. The Labute approximate surface area is 101 Å². The first-order valence-corrected chi connectivity index (χ1v) is 6.19. The van der Waals surface area contributed by atoms with Crippen LogP contribution in [0.4, 0.5) is 0 Å². The Balaban J connectivity index is 2.43. The third-order valence-corrected chi connectivity index (χ3v) is 3.33. The number of rotatable bonds is 3. The maximum absolute atomic E-state index is 11.2. The average Bonchev–Trinajstić information content (AvgIpc) is 2.81.